The molecule has 0 saturated heterocycles. The van der Waals surface area contributed by atoms with Gasteiger partial charge in [-0.3, -0.25) is 4.79 Å². The highest BCUT2D eigenvalue weighted by molar-refractivity contribution is 7.99. The summed E-state index contributed by atoms with van der Waals surface area (Å²) in [5.74, 6) is -0.384. The van der Waals surface area contributed by atoms with Gasteiger partial charge in [0.2, 0.25) is 0 Å². The highest BCUT2D eigenvalue weighted by Gasteiger charge is 2.18. The van der Waals surface area contributed by atoms with Crippen molar-refractivity contribution in [2.45, 2.75) is 9.79 Å². The fourth-order valence-electron chi connectivity index (χ4n) is 3.01. The number of aromatic hydroxyl groups is 1. The molecular formula is C23H18N2O2S. The van der Waals surface area contributed by atoms with E-state index in [-0.39, 0.29) is 17.2 Å². The molecule has 0 radical (unpaired) electrons. The van der Waals surface area contributed by atoms with Gasteiger partial charge >= 0.3 is 0 Å². The lowest BCUT2D eigenvalue weighted by Gasteiger charge is -2.13. The van der Waals surface area contributed by atoms with Crippen molar-refractivity contribution in [3.8, 4) is 5.75 Å². The molecule has 1 amide bonds. The summed E-state index contributed by atoms with van der Waals surface area (Å²) in [6, 6.07) is 26.0. The zero-order valence-electron chi connectivity index (χ0n) is 14.9. The average molecular weight is 386 g/mol. The fourth-order valence-corrected chi connectivity index (χ4v) is 4.07. The zero-order chi connectivity index (χ0) is 19.5. The number of amides is 1. The van der Waals surface area contributed by atoms with Gasteiger partial charge in [0.05, 0.1) is 5.56 Å². The van der Waals surface area contributed by atoms with Crippen LogP contribution in [0.4, 0.5) is 11.4 Å². The van der Waals surface area contributed by atoms with Gasteiger partial charge in [0, 0.05) is 26.6 Å². The van der Waals surface area contributed by atoms with E-state index in [1.165, 1.54) is 11.8 Å². The molecule has 0 aromatic heterocycles. The summed E-state index contributed by atoms with van der Waals surface area (Å²) in [5, 5.41) is 15.1. The Balaban J connectivity index is 1.78. The van der Waals surface area contributed by atoms with Gasteiger partial charge in [-0.25, -0.2) is 0 Å². The number of rotatable bonds is 4. The largest absolute Gasteiger partial charge is 0.506 e. The Bertz CT molecular complexity index is 1160. The summed E-state index contributed by atoms with van der Waals surface area (Å²) in [6.45, 7) is 0. The van der Waals surface area contributed by atoms with E-state index in [1.54, 1.807) is 18.2 Å². The molecule has 0 atom stereocenters. The minimum absolute atomic E-state index is 0.0269. The maximum Gasteiger partial charge on any atom is 0.259 e. The van der Waals surface area contributed by atoms with Gasteiger partial charge in [-0.2, -0.15) is 0 Å². The third kappa shape index (κ3) is 3.66. The number of fused-ring (bicyclic) bond motifs is 1. The molecule has 5 heteroatoms. The number of phenolic OH excluding ortho intramolecular Hbond substituents is 1. The smallest absolute Gasteiger partial charge is 0.259 e. The van der Waals surface area contributed by atoms with Gasteiger partial charge in [-0.15, -0.1) is 0 Å². The maximum atomic E-state index is 12.8. The highest BCUT2D eigenvalue weighted by atomic mass is 32.2. The Kier molecular flexibility index (Phi) is 4.91. The lowest BCUT2D eigenvalue weighted by Crippen LogP contribution is -2.12. The number of carbonyl (C=O) groups excluding carboxylic acids is 1. The van der Waals surface area contributed by atoms with E-state index in [0.717, 1.165) is 15.2 Å². The minimum Gasteiger partial charge on any atom is -0.506 e. The Morgan fingerprint density at radius 1 is 0.857 bits per heavy atom. The zero-order valence-corrected chi connectivity index (χ0v) is 15.7. The van der Waals surface area contributed by atoms with Crippen LogP contribution >= 0.6 is 11.8 Å². The average Bonchev–Trinajstić information content (AvgIpc) is 2.71. The van der Waals surface area contributed by atoms with Gasteiger partial charge in [-0.05, 0) is 41.8 Å². The lowest BCUT2D eigenvalue weighted by atomic mass is 10.0. The lowest BCUT2D eigenvalue weighted by molar-refractivity contribution is 0.102. The standard InChI is InChI=1S/C23H18N2O2S/c24-15-7-6-10-17(13-15)28-21-14-20(22(26)19-12-5-4-11-18(19)21)23(27)25-16-8-2-1-3-9-16/h1-14,26H,24H2,(H,25,27). The summed E-state index contributed by atoms with van der Waals surface area (Å²) in [7, 11) is 0. The quantitative estimate of drug-likeness (QED) is 0.403. The minimum atomic E-state index is -0.358. The van der Waals surface area contributed by atoms with Crippen LogP contribution < -0.4 is 11.1 Å². The van der Waals surface area contributed by atoms with Crippen molar-refractivity contribution in [1.29, 1.82) is 0 Å². The molecule has 0 spiro atoms. The molecule has 4 aromatic rings. The van der Waals surface area contributed by atoms with Crippen molar-refractivity contribution in [2.24, 2.45) is 0 Å². The maximum absolute atomic E-state index is 12.8. The first-order valence-electron chi connectivity index (χ1n) is 8.76. The molecule has 0 unspecified atom stereocenters. The van der Waals surface area contributed by atoms with E-state index < -0.39 is 0 Å². The van der Waals surface area contributed by atoms with Crippen LogP contribution in [-0.4, -0.2) is 11.0 Å². The molecule has 0 aliphatic rings. The van der Waals surface area contributed by atoms with Crippen molar-refractivity contribution >= 4 is 39.8 Å². The number of hydrogen-bond donors (Lipinski definition) is 3. The van der Waals surface area contributed by atoms with E-state index in [1.807, 2.05) is 66.7 Å². The Morgan fingerprint density at radius 3 is 2.32 bits per heavy atom. The van der Waals surface area contributed by atoms with Crippen molar-refractivity contribution in [1.82, 2.24) is 0 Å². The van der Waals surface area contributed by atoms with E-state index in [0.29, 0.717) is 16.8 Å². The van der Waals surface area contributed by atoms with Crippen LogP contribution in [0.1, 0.15) is 10.4 Å². The molecular weight excluding hydrogens is 368 g/mol. The number of hydrogen-bond acceptors (Lipinski definition) is 4. The first-order chi connectivity index (χ1) is 13.6. The second-order valence-corrected chi connectivity index (χ2v) is 7.43. The van der Waals surface area contributed by atoms with Gasteiger partial charge in [-0.1, -0.05) is 60.3 Å². The number of nitrogens with one attached hydrogen (secondary N) is 1. The van der Waals surface area contributed by atoms with Crippen LogP contribution in [0.5, 0.6) is 5.75 Å². The van der Waals surface area contributed by atoms with E-state index in [2.05, 4.69) is 5.32 Å². The number of carbonyl (C=O) groups is 1. The summed E-state index contributed by atoms with van der Waals surface area (Å²) in [4.78, 5) is 14.7. The fraction of sp³-hybridized carbons (Fsp3) is 0. The third-order valence-electron chi connectivity index (χ3n) is 4.34. The Hall–Kier alpha value is -3.44. The second kappa shape index (κ2) is 7.66. The molecule has 4 N–H and O–H groups in total. The van der Waals surface area contributed by atoms with E-state index in [9.17, 15) is 9.90 Å². The summed E-state index contributed by atoms with van der Waals surface area (Å²) < 4.78 is 0. The van der Waals surface area contributed by atoms with Crippen LogP contribution in [0.3, 0.4) is 0 Å². The molecule has 4 rings (SSSR count). The van der Waals surface area contributed by atoms with Crippen LogP contribution in [0, 0.1) is 0 Å². The van der Waals surface area contributed by atoms with Gasteiger partial charge in [0.25, 0.3) is 5.91 Å². The molecule has 0 aliphatic heterocycles. The van der Waals surface area contributed by atoms with Crippen LogP contribution in [0.25, 0.3) is 10.8 Å². The first kappa shape index (κ1) is 17.9. The van der Waals surface area contributed by atoms with Gasteiger partial charge in [0.1, 0.15) is 5.75 Å². The van der Waals surface area contributed by atoms with Crippen LogP contribution in [0.2, 0.25) is 0 Å². The summed E-state index contributed by atoms with van der Waals surface area (Å²) >= 11 is 1.51. The van der Waals surface area contributed by atoms with E-state index >= 15 is 0 Å². The number of nitrogens with two attached hydrogens (primary N) is 1. The van der Waals surface area contributed by atoms with Gasteiger partial charge in [0.15, 0.2) is 0 Å². The molecule has 4 aromatic carbocycles. The predicted octanol–water partition coefficient (Wildman–Crippen LogP) is 5.53. The Labute approximate surface area is 167 Å². The molecule has 138 valence electrons. The van der Waals surface area contributed by atoms with Crippen molar-refractivity contribution < 1.29 is 9.90 Å². The topological polar surface area (TPSA) is 75.4 Å². The SMILES string of the molecule is Nc1cccc(Sc2cc(C(=O)Nc3ccccc3)c(O)c3ccccc23)c1. The van der Waals surface area contributed by atoms with Crippen molar-refractivity contribution in [2.75, 3.05) is 11.1 Å². The third-order valence-corrected chi connectivity index (χ3v) is 5.39. The molecule has 0 saturated carbocycles. The summed E-state index contributed by atoms with van der Waals surface area (Å²) in [5.41, 5.74) is 7.47. The van der Waals surface area contributed by atoms with Crippen LogP contribution in [0.15, 0.2) is 94.7 Å². The molecule has 0 heterocycles. The van der Waals surface area contributed by atoms with Crippen LogP contribution in [-0.2, 0) is 0 Å². The monoisotopic (exact) mass is 386 g/mol. The van der Waals surface area contributed by atoms with Crippen molar-refractivity contribution in [3.05, 3.63) is 90.5 Å². The second-order valence-electron chi connectivity index (χ2n) is 6.31. The van der Waals surface area contributed by atoms with Gasteiger partial charge < -0.3 is 16.2 Å². The van der Waals surface area contributed by atoms with E-state index in [4.69, 9.17) is 5.73 Å². The molecule has 0 aliphatic carbocycles. The highest BCUT2D eigenvalue weighted by Crippen LogP contribution is 2.40. The normalized spacial score (nSPS) is 10.7. The molecule has 0 bridgehead atoms. The number of nitrogen functional groups attached to an aromatic ring is 1. The molecule has 4 nitrogen and oxygen atoms in total. The number of benzene rings is 4. The predicted molar refractivity (Wildman–Crippen MR) is 115 cm³/mol. The number of anilines is 2. The molecule has 0 fully saturated rings. The first-order valence-corrected chi connectivity index (χ1v) is 9.58. The number of phenols is 1. The molecule has 28 heavy (non-hydrogen) atoms. The Morgan fingerprint density at radius 2 is 1.57 bits per heavy atom. The summed E-state index contributed by atoms with van der Waals surface area (Å²) in [6.07, 6.45) is 0. The van der Waals surface area contributed by atoms with Crippen molar-refractivity contribution in [3.63, 3.8) is 0 Å². The number of para-hydroxylation sites is 1.